The summed E-state index contributed by atoms with van der Waals surface area (Å²) in [5, 5.41) is 12.4. The smallest absolute Gasteiger partial charge is 0.143 e. The number of ether oxygens (including phenoxy) is 1. The standard InChI is InChI=1S/C38H22O/c1-3-9-31-23(6-1)12-15-27-19-29-18-25(13-14-26(29)21-35(27)31)30-20-28-8-5-11-33-34-17-16-24-7-2-4-10-32(24)38(34)39-36(22-30)37(28)33/h1-22H. The molecule has 8 aromatic carbocycles. The molecule has 0 N–H and O–H groups in total. The Morgan fingerprint density at radius 3 is 2.00 bits per heavy atom. The normalized spacial score (nSPS) is 12.3. The van der Waals surface area contributed by atoms with Crippen LogP contribution in [0.25, 0.3) is 76.1 Å². The molecular weight excluding hydrogens is 472 g/mol. The van der Waals surface area contributed by atoms with Crippen molar-refractivity contribution in [1.82, 2.24) is 0 Å². The molecule has 1 aliphatic heterocycles. The van der Waals surface area contributed by atoms with Crippen LogP contribution >= 0.6 is 0 Å². The summed E-state index contributed by atoms with van der Waals surface area (Å²) < 4.78 is 6.71. The van der Waals surface area contributed by atoms with Gasteiger partial charge in [0.05, 0.1) is 0 Å². The fourth-order valence-corrected chi connectivity index (χ4v) is 6.47. The second-order valence-electron chi connectivity index (χ2n) is 10.6. The maximum Gasteiger partial charge on any atom is 0.143 e. The van der Waals surface area contributed by atoms with E-state index in [1.54, 1.807) is 0 Å². The summed E-state index contributed by atoms with van der Waals surface area (Å²) in [7, 11) is 0. The highest BCUT2D eigenvalue weighted by atomic mass is 16.5. The molecule has 0 saturated heterocycles. The quantitative estimate of drug-likeness (QED) is 0.163. The van der Waals surface area contributed by atoms with Crippen molar-refractivity contribution in [2.24, 2.45) is 0 Å². The molecule has 0 saturated carbocycles. The van der Waals surface area contributed by atoms with E-state index in [1.165, 1.54) is 65.2 Å². The number of rotatable bonds is 1. The molecule has 0 radical (unpaired) electrons. The topological polar surface area (TPSA) is 9.23 Å². The molecule has 1 heteroatoms. The van der Waals surface area contributed by atoms with Gasteiger partial charge in [-0.1, -0.05) is 97.1 Å². The van der Waals surface area contributed by atoms with Crippen LogP contribution in [0.2, 0.25) is 0 Å². The van der Waals surface area contributed by atoms with Gasteiger partial charge in [0.25, 0.3) is 0 Å². The van der Waals surface area contributed by atoms with E-state index in [-0.39, 0.29) is 0 Å². The Bertz CT molecular complexity index is 2310. The fraction of sp³-hybridized carbons (Fsp3) is 0. The maximum absolute atomic E-state index is 6.71. The first-order valence-corrected chi connectivity index (χ1v) is 13.4. The molecule has 0 atom stereocenters. The number of benzene rings is 8. The van der Waals surface area contributed by atoms with E-state index < -0.39 is 0 Å². The summed E-state index contributed by atoms with van der Waals surface area (Å²) >= 11 is 0. The van der Waals surface area contributed by atoms with E-state index in [1.807, 2.05) is 0 Å². The predicted octanol–water partition coefficient (Wildman–Crippen LogP) is 10.9. The van der Waals surface area contributed by atoms with E-state index in [0.717, 1.165) is 22.4 Å². The average molecular weight is 495 g/mol. The first-order valence-electron chi connectivity index (χ1n) is 13.4. The first kappa shape index (κ1) is 20.9. The summed E-state index contributed by atoms with van der Waals surface area (Å²) in [4.78, 5) is 0. The van der Waals surface area contributed by atoms with Gasteiger partial charge >= 0.3 is 0 Å². The summed E-state index contributed by atoms with van der Waals surface area (Å²) in [6, 6.07) is 48.5. The fourth-order valence-electron chi connectivity index (χ4n) is 6.47. The van der Waals surface area contributed by atoms with Crippen LogP contribution < -0.4 is 4.74 Å². The minimum absolute atomic E-state index is 0.923. The Kier molecular flexibility index (Phi) is 4.11. The Morgan fingerprint density at radius 1 is 0.359 bits per heavy atom. The lowest BCUT2D eigenvalue weighted by Crippen LogP contribution is -1.98. The Labute approximate surface area is 225 Å². The van der Waals surface area contributed by atoms with Crippen molar-refractivity contribution in [2.45, 2.75) is 0 Å². The van der Waals surface area contributed by atoms with Gasteiger partial charge in [-0.3, -0.25) is 0 Å². The van der Waals surface area contributed by atoms with Crippen molar-refractivity contribution in [2.75, 3.05) is 0 Å². The van der Waals surface area contributed by atoms with Crippen LogP contribution in [0.3, 0.4) is 0 Å². The van der Waals surface area contributed by atoms with E-state index in [4.69, 9.17) is 4.74 Å². The molecule has 0 aliphatic carbocycles. The lowest BCUT2D eigenvalue weighted by molar-refractivity contribution is 0.493. The van der Waals surface area contributed by atoms with Gasteiger partial charge in [0.2, 0.25) is 0 Å². The molecular formula is C38H22O. The van der Waals surface area contributed by atoms with Gasteiger partial charge in [-0.2, -0.15) is 0 Å². The monoisotopic (exact) mass is 494 g/mol. The Hall–Kier alpha value is -5.14. The molecule has 1 nitrogen and oxygen atoms in total. The van der Waals surface area contributed by atoms with Gasteiger partial charge in [0, 0.05) is 16.3 Å². The molecule has 0 bridgehead atoms. The molecule has 0 fully saturated rings. The molecule has 0 amide bonds. The van der Waals surface area contributed by atoms with Crippen LogP contribution in [-0.2, 0) is 0 Å². The molecule has 0 aromatic heterocycles. The van der Waals surface area contributed by atoms with Crippen LogP contribution in [0.5, 0.6) is 11.5 Å². The maximum atomic E-state index is 6.71. The summed E-state index contributed by atoms with van der Waals surface area (Å²) in [5.74, 6) is 1.87. The molecule has 8 aromatic rings. The largest absolute Gasteiger partial charge is 0.455 e. The zero-order chi connectivity index (χ0) is 25.5. The lowest BCUT2D eigenvalue weighted by Gasteiger charge is -2.23. The minimum atomic E-state index is 0.923. The molecule has 39 heavy (non-hydrogen) atoms. The van der Waals surface area contributed by atoms with Gasteiger partial charge in [0.1, 0.15) is 11.5 Å². The van der Waals surface area contributed by atoms with Crippen molar-refractivity contribution in [3.05, 3.63) is 133 Å². The van der Waals surface area contributed by atoms with Crippen LogP contribution in [0.1, 0.15) is 0 Å². The van der Waals surface area contributed by atoms with Gasteiger partial charge in [-0.25, -0.2) is 0 Å². The van der Waals surface area contributed by atoms with E-state index in [9.17, 15) is 0 Å². The third-order valence-corrected chi connectivity index (χ3v) is 8.36. The van der Waals surface area contributed by atoms with Crippen molar-refractivity contribution < 1.29 is 4.74 Å². The number of hydrogen-bond donors (Lipinski definition) is 0. The summed E-state index contributed by atoms with van der Waals surface area (Å²) in [6.45, 7) is 0. The highest BCUT2D eigenvalue weighted by Gasteiger charge is 2.22. The molecule has 0 unspecified atom stereocenters. The van der Waals surface area contributed by atoms with Gasteiger partial charge in [0.15, 0.2) is 0 Å². The molecule has 180 valence electrons. The van der Waals surface area contributed by atoms with Crippen molar-refractivity contribution in [3.8, 4) is 33.8 Å². The molecule has 0 spiro atoms. The van der Waals surface area contributed by atoms with Gasteiger partial charge < -0.3 is 4.74 Å². The van der Waals surface area contributed by atoms with Gasteiger partial charge in [-0.15, -0.1) is 0 Å². The van der Waals surface area contributed by atoms with Crippen LogP contribution in [0.4, 0.5) is 0 Å². The van der Waals surface area contributed by atoms with E-state index in [2.05, 4.69) is 133 Å². The van der Waals surface area contributed by atoms with Gasteiger partial charge in [-0.05, 0) is 96.2 Å². The Balaban J connectivity index is 1.24. The highest BCUT2D eigenvalue weighted by Crippen LogP contribution is 2.50. The van der Waals surface area contributed by atoms with Crippen molar-refractivity contribution in [1.29, 1.82) is 0 Å². The first-order chi connectivity index (χ1) is 19.3. The second-order valence-corrected chi connectivity index (χ2v) is 10.6. The molecule has 1 heterocycles. The average Bonchev–Trinajstić information content (AvgIpc) is 2.99. The zero-order valence-electron chi connectivity index (χ0n) is 21.1. The van der Waals surface area contributed by atoms with Crippen LogP contribution in [0, 0.1) is 0 Å². The summed E-state index contributed by atoms with van der Waals surface area (Å²) in [6.07, 6.45) is 0. The van der Waals surface area contributed by atoms with E-state index >= 15 is 0 Å². The predicted molar refractivity (Wildman–Crippen MR) is 165 cm³/mol. The van der Waals surface area contributed by atoms with Crippen LogP contribution in [0.15, 0.2) is 133 Å². The minimum Gasteiger partial charge on any atom is -0.455 e. The third kappa shape index (κ3) is 3.02. The molecule has 1 aliphatic rings. The number of fused-ring (bicyclic) bond motifs is 8. The summed E-state index contributed by atoms with van der Waals surface area (Å²) in [5.41, 5.74) is 4.75. The Morgan fingerprint density at radius 2 is 1.08 bits per heavy atom. The SMILES string of the molecule is c1ccc2c3c(ccc2c1)-c1cccc2cc(-c4ccc5cc6c(ccc7ccccc76)cc5c4)cc(c12)O3. The highest BCUT2D eigenvalue weighted by molar-refractivity contribution is 6.13. The van der Waals surface area contributed by atoms with Crippen molar-refractivity contribution in [3.63, 3.8) is 0 Å². The second kappa shape index (κ2) is 7.69. The third-order valence-electron chi connectivity index (χ3n) is 8.36. The molecule has 9 rings (SSSR count). The van der Waals surface area contributed by atoms with E-state index in [0.29, 0.717) is 0 Å². The zero-order valence-corrected chi connectivity index (χ0v) is 21.1. The number of hydrogen-bond acceptors (Lipinski definition) is 1. The lowest BCUT2D eigenvalue weighted by atomic mass is 9.90. The van der Waals surface area contributed by atoms with Crippen LogP contribution in [-0.4, -0.2) is 0 Å². The van der Waals surface area contributed by atoms with Crippen molar-refractivity contribution >= 4 is 53.9 Å².